The summed E-state index contributed by atoms with van der Waals surface area (Å²) in [6.45, 7) is 0. The first kappa shape index (κ1) is 16.4. The van der Waals surface area contributed by atoms with E-state index >= 15 is 0 Å². The number of thiocarbonyl (C=S) groups is 1. The van der Waals surface area contributed by atoms with Crippen LogP contribution in [0.3, 0.4) is 0 Å². The molecule has 2 rings (SSSR count). The normalized spacial score (nSPS) is 15.5. The summed E-state index contributed by atoms with van der Waals surface area (Å²) in [6.07, 6.45) is 8.05. The average Bonchev–Trinajstić information content (AvgIpc) is 2.48. The van der Waals surface area contributed by atoms with E-state index in [2.05, 4.69) is 26.6 Å². The lowest BCUT2D eigenvalue weighted by atomic mass is 9.86. The van der Waals surface area contributed by atoms with E-state index in [0.717, 1.165) is 16.6 Å². The average molecular weight is 369 g/mol. The van der Waals surface area contributed by atoms with E-state index in [1.54, 1.807) is 0 Å². The van der Waals surface area contributed by atoms with Crippen molar-refractivity contribution >= 4 is 44.9 Å². The smallest absolute Gasteiger partial charge is 0.226 e. The Bertz CT molecular complexity index is 501. The molecule has 5 heteroatoms. The summed E-state index contributed by atoms with van der Waals surface area (Å²) in [6, 6.07) is 7.68. The summed E-state index contributed by atoms with van der Waals surface area (Å²) in [5, 5.41) is 6.14. The Labute approximate surface area is 140 Å². The zero-order chi connectivity index (χ0) is 15.1. The largest absolute Gasteiger partial charge is 0.331 e. The number of carbonyl (C=O) groups excluding carboxylic acids is 1. The highest BCUT2D eigenvalue weighted by molar-refractivity contribution is 9.10. The fourth-order valence-electron chi connectivity index (χ4n) is 2.72. The Morgan fingerprint density at radius 1 is 1.24 bits per heavy atom. The first-order chi connectivity index (χ1) is 10.1. The summed E-state index contributed by atoms with van der Waals surface area (Å²) in [5.74, 6) is 0.722. The van der Waals surface area contributed by atoms with Gasteiger partial charge in [-0.15, -0.1) is 0 Å². The third-order valence-electron chi connectivity index (χ3n) is 3.88. The van der Waals surface area contributed by atoms with Crippen LogP contribution < -0.4 is 10.6 Å². The molecule has 1 saturated carbocycles. The monoisotopic (exact) mass is 368 g/mol. The first-order valence-electron chi connectivity index (χ1n) is 7.50. The molecule has 0 bridgehead atoms. The van der Waals surface area contributed by atoms with Gasteiger partial charge >= 0.3 is 0 Å². The minimum Gasteiger partial charge on any atom is -0.331 e. The molecule has 0 unspecified atom stereocenters. The molecule has 114 valence electrons. The Morgan fingerprint density at radius 2 is 1.95 bits per heavy atom. The lowest BCUT2D eigenvalue weighted by Gasteiger charge is -2.21. The molecule has 1 aromatic carbocycles. The van der Waals surface area contributed by atoms with Crippen molar-refractivity contribution in [1.82, 2.24) is 5.32 Å². The number of rotatable bonds is 4. The summed E-state index contributed by atoms with van der Waals surface area (Å²) in [7, 11) is 0. The molecular formula is C16H21BrN2OS. The quantitative estimate of drug-likeness (QED) is 0.761. The van der Waals surface area contributed by atoms with Crippen molar-refractivity contribution in [2.24, 2.45) is 5.92 Å². The molecular weight excluding hydrogens is 348 g/mol. The van der Waals surface area contributed by atoms with Crippen molar-refractivity contribution < 1.29 is 4.79 Å². The van der Waals surface area contributed by atoms with Crippen molar-refractivity contribution in [2.45, 2.75) is 44.9 Å². The number of hydrogen-bond donors (Lipinski definition) is 2. The molecule has 21 heavy (non-hydrogen) atoms. The predicted octanol–water partition coefficient (Wildman–Crippen LogP) is 4.62. The SMILES string of the molecule is O=C(CCC1CCCCC1)NC(=S)Nc1ccccc1Br. The van der Waals surface area contributed by atoms with E-state index in [9.17, 15) is 4.79 Å². The van der Waals surface area contributed by atoms with Crippen molar-refractivity contribution in [3.8, 4) is 0 Å². The number of halogens is 1. The van der Waals surface area contributed by atoms with Gasteiger partial charge in [-0.1, -0.05) is 44.2 Å². The van der Waals surface area contributed by atoms with Gasteiger partial charge in [0.2, 0.25) is 5.91 Å². The number of nitrogens with one attached hydrogen (secondary N) is 2. The number of anilines is 1. The maximum Gasteiger partial charge on any atom is 0.226 e. The standard InChI is InChI=1S/C16H21BrN2OS/c17-13-8-4-5-9-14(13)18-16(21)19-15(20)11-10-12-6-2-1-3-7-12/h4-5,8-9,12H,1-3,6-7,10-11H2,(H2,18,19,20,21). The fourth-order valence-corrected chi connectivity index (χ4v) is 3.32. The molecule has 0 radical (unpaired) electrons. The van der Waals surface area contributed by atoms with Crippen LogP contribution >= 0.6 is 28.1 Å². The summed E-state index contributed by atoms with van der Waals surface area (Å²) >= 11 is 8.62. The second-order valence-electron chi connectivity index (χ2n) is 5.52. The van der Waals surface area contributed by atoms with Gasteiger partial charge in [-0.3, -0.25) is 4.79 Å². The molecule has 1 fully saturated rings. The highest BCUT2D eigenvalue weighted by Gasteiger charge is 2.15. The van der Waals surface area contributed by atoms with Crippen LogP contribution in [0.5, 0.6) is 0 Å². The zero-order valence-electron chi connectivity index (χ0n) is 12.0. The minimum absolute atomic E-state index is 0.00475. The molecule has 0 aliphatic heterocycles. The second-order valence-corrected chi connectivity index (χ2v) is 6.79. The molecule has 1 aliphatic rings. The molecule has 0 spiro atoms. The Balaban J connectivity index is 1.72. The topological polar surface area (TPSA) is 41.1 Å². The maximum absolute atomic E-state index is 11.9. The van der Waals surface area contributed by atoms with Gasteiger partial charge < -0.3 is 10.6 Å². The van der Waals surface area contributed by atoms with E-state index in [1.165, 1.54) is 32.1 Å². The molecule has 1 aliphatic carbocycles. The summed E-state index contributed by atoms with van der Waals surface area (Å²) in [4.78, 5) is 11.9. The molecule has 0 atom stereocenters. The Morgan fingerprint density at radius 3 is 2.67 bits per heavy atom. The van der Waals surface area contributed by atoms with E-state index in [0.29, 0.717) is 17.5 Å². The molecule has 1 amide bonds. The van der Waals surface area contributed by atoms with E-state index in [4.69, 9.17) is 12.2 Å². The van der Waals surface area contributed by atoms with Gasteiger partial charge in [0.1, 0.15) is 0 Å². The highest BCUT2D eigenvalue weighted by Crippen LogP contribution is 2.27. The third-order valence-corrected chi connectivity index (χ3v) is 4.78. The summed E-state index contributed by atoms with van der Waals surface area (Å²) in [5.41, 5.74) is 0.857. The Kier molecular flexibility index (Phi) is 6.64. The van der Waals surface area contributed by atoms with Gasteiger partial charge in [0.05, 0.1) is 5.69 Å². The highest BCUT2D eigenvalue weighted by atomic mass is 79.9. The Hall–Kier alpha value is -0.940. The second kappa shape index (κ2) is 8.49. The van der Waals surface area contributed by atoms with Crippen LogP contribution in [0.1, 0.15) is 44.9 Å². The van der Waals surface area contributed by atoms with Crippen LogP contribution in [0.25, 0.3) is 0 Å². The van der Waals surface area contributed by atoms with Crippen molar-refractivity contribution in [1.29, 1.82) is 0 Å². The number of hydrogen-bond acceptors (Lipinski definition) is 2. The van der Waals surface area contributed by atoms with Crippen LogP contribution in [0.15, 0.2) is 28.7 Å². The van der Waals surface area contributed by atoms with Gasteiger partial charge in [-0.2, -0.15) is 0 Å². The molecule has 0 aromatic heterocycles. The molecule has 3 nitrogen and oxygen atoms in total. The first-order valence-corrected chi connectivity index (χ1v) is 8.70. The van der Waals surface area contributed by atoms with E-state index in [1.807, 2.05) is 24.3 Å². The van der Waals surface area contributed by atoms with Crippen LogP contribution in [-0.2, 0) is 4.79 Å². The van der Waals surface area contributed by atoms with Crippen molar-refractivity contribution in [3.63, 3.8) is 0 Å². The van der Waals surface area contributed by atoms with Crippen molar-refractivity contribution in [2.75, 3.05) is 5.32 Å². The number of para-hydroxylation sites is 1. The van der Waals surface area contributed by atoms with Crippen LogP contribution in [0.2, 0.25) is 0 Å². The molecule has 2 N–H and O–H groups in total. The number of benzene rings is 1. The van der Waals surface area contributed by atoms with Crippen LogP contribution in [-0.4, -0.2) is 11.0 Å². The van der Waals surface area contributed by atoms with E-state index in [-0.39, 0.29) is 5.91 Å². The third kappa shape index (κ3) is 5.75. The van der Waals surface area contributed by atoms with Crippen molar-refractivity contribution in [3.05, 3.63) is 28.7 Å². The minimum atomic E-state index is 0.00475. The van der Waals surface area contributed by atoms with Crippen LogP contribution in [0.4, 0.5) is 5.69 Å². The zero-order valence-corrected chi connectivity index (χ0v) is 14.4. The van der Waals surface area contributed by atoms with Gasteiger partial charge in [-0.25, -0.2) is 0 Å². The fraction of sp³-hybridized carbons (Fsp3) is 0.500. The maximum atomic E-state index is 11.9. The van der Waals surface area contributed by atoms with E-state index < -0.39 is 0 Å². The lowest BCUT2D eigenvalue weighted by Crippen LogP contribution is -2.34. The lowest BCUT2D eigenvalue weighted by molar-refractivity contribution is -0.120. The molecule has 0 heterocycles. The predicted molar refractivity (Wildman–Crippen MR) is 94.3 cm³/mol. The number of amides is 1. The van der Waals surface area contributed by atoms with Gasteiger partial charge in [0.15, 0.2) is 5.11 Å². The molecule has 1 aromatic rings. The summed E-state index contributed by atoms with van der Waals surface area (Å²) < 4.78 is 0.920. The number of carbonyl (C=O) groups is 1. The van der Waals surface area contributed by atoms with Gasteiger partial charge in [0, 0.05) is 10.9 Å². The molecule has 0 saturated heterocycles. The van der Waals surface area contributed by atoms with Gasteiger partial charge in [-0.05, 0) is 52.6 Å². The van der Waals surface area contributed by atoms with Crippen LogP contribution in [0, 0.1) is 5.92 Å². The van der Waals surface area contributed by atoms with Gasteiger partial charge in [0.25, 0.3) is 0 Å².